The van der Waals surface area contributed by atoms with Crippen molar-refractivity contribution in [2.24, 2.45) is 4.99 Å². The van der Waals surface area contributed by atoms with Crippen molar-refractivity contribution >= 4 is 35.3 Å². The smallest absolute Gasteiger partial charge is 0.335 e. The molecule has 1 fully saturated rings. The fourth-order valence-electron chi connectivity index (χ4n) is 2.50. The second-order valence-electron chi connectivity index (χ2n) is 6.52. The summed E-state index contributed by atoms with van der Waals surface area (Å²) in [6.45, 7) is 3.70. The van der Waals surface area contributed by atoms with Gasteiger partial charge in [-0.15, -0.1) is 0 Å². The van der Waals surface area contributed by atoms with Crippen LogP contribution in [0.15, 0.2) is 58.0 Å². The molecule has 1 aromatic carbocycles. The number of hydrogen-bond acceptors (Lipinski definition) is 5. The summed E-state index contributed by atoms with van der Waals surface area (Å²) in [4.78, 5) is 15.3. The first-order valence-electron chi connectivity index (χ1n) is 8.95. The number of nitrogens with zero attached hydrogens (tertiary/aromatic N) is 2. The Bertz CT molecular complexity index is 940. The SMILES string of the molecule is C/C=C(/N=C\C(Cl)=C(/C)Nc1cc(C2CC2)[nH]n1)Nc1ccc(C(=O)O)cc1. The largest absolute Gasteiger partial charge is 0.478 e. The Morgan fingerprint density at radius 1 is 1.32 bits per heavy atom. The highest BCUT2D eigenvalue weighted by molar-refractivity contribution is 6.39. The summed E-state index contributed by atoms with van der Waals surface area (Å²) in [6.07, 6.45) is 5.76. The second kappa shape index (κ2) is 8.75. The van der Waals surface area contributed by atoms with Crippen LogP contribution >= 0.6 is 11.6 Å². The number of aliphatic imine (C=N–C) groups is 1. The Kier molecular flexibility index (Phi) is 6.16. The maximum atomic E-state index is 10.9. The molecule has 28 heavy (non-hydrogen) atoms. The summed E-state index contributed by atoms with van der Waals surface area (Å²) in [5, 5.41) is 23.0. The van der Waals surface area contributed by atoms with Crippen LogP contribution in [0.25, 0.3) is 0 Å². The average Bonchev–Trinajstić information content (AvgIpc) is 3.44. The van der Waals surface area contributed by atoms with Gasteiger partial charge < -0.3 is 15.7 Å². The summed E-state index contributed by atoms with van der Waals surface area (Å²) in [5.74, 6) is 0.966. The Morgan fingerprint density at radius 2 is 2.04 bits per heavy atom. The number of hydrogen-bond donors (Lipinski definition) is 4. The van der Waals surface area contributed by atoms with Gasteiger partial charge in [0.05, 0.1) is 10.6 Å². The molecule has 1 saturated carbocycles. The van der Waals surface area contributed by atoms with Gasteiger partial charge >= 0.3 is 5.97 Å². The molecule has 3 rings (SSSR count). The summed E-state index contributed by atoms with van der Waals surface area (Å²) in [7, 11) is 0. The number of aromatic nitrogens is 2. The van der Waals surface area contributed by atoms with Crippen LogP contribution in [0, 0.1) is 0 Å². The Morgan fingerprint density at radius 3 is 2.64 bits per heavy atom. The highest BCUT2D eigenvalue weighted by Crippen LogP contribution is 2.39. The van der Waals surface area contributed by atoms with Gasteiger partial charge in [0.2, 0.25) is 0 Å². The fraction of sp³-hybridized carbons (Fsp3) is 0.250. The molecule has 1 aliphatic carbocycles. The van der Waals surface area contributed by atoms with Crippen LogP contribution < -0.4 is 10.6 Å². The third-order valence-electron chi connectivity index (χ3n) is 4.28. The van der Waals surface area contributed by atoms with Crippen molar-refractivity contribution in [1.82, 2.24) is 10.2 Å². The number of halogens is 1. The molecule has 1 aromatic heterocycles. The highest BCUT2D eigenvalue weighted by Gasteiger charge is 2.25. The molecule has 7 nitrogen and oxygen atoms in total. The minimum Gasteiger partial charge on any atom is -0.478 e. The number of nitrogens with one attached hydrogen (secondary N) is 3. The van der Waals surface area contributed by atoms with E-state index in [9.17, 15) is 4.79 Å². The zero-order valence-corrected chi connectivity index (χ0v) is 16.4. The first-order valence-corrected chi connectivity index (χ1v) is 9.33. The number of aromatic amines is 1. The van der Waals surface area contributed by atoms with Crippen molar-refractivity contribution in [1.29, 1.82) is 0 Å². The molecule has 146 valence electrons. The van der Waals surface area contributed by atoms with Gasteiger partial charge in [-0.1, -0.05) is 11.6 Å². The van der Waals surface area contributed by atoms with Gasteiger partial charge in [0.25, 0.3) is 0 Å². The van der Waals surface area contributed by atoms with Gasteiger partial charge in [-0.3, -0.25) is 5.10 Å². The summed E-state index contributed by atoms with van der Waals surface area (Å²) in [6, 6.07) is 8.43. The van der Waals surface area contributed by atoms with Crippen LogP contribution in [-0.4, -0.2) is 27.5 Å². The Labute approximate surface area is 168 Å². The third-order valence-corrected chi connectivity index (χ3v) is 4.66. The molecular weight excluding hydrogens is 378 g/mol. The minimum atomic E-state index is -0.961. The van der Waals surface area contributed by atoms with Gasteiger partial charge in [-0.25, -0.2) is 9.79 Å². The highest BCUT2D eigenvalue weighted by atomic mass is 35.5. The lowest BCUT2D eigenvalue weighted by atomic mass is 10.2. The van der Waals surface area contributed by atoms with Crippen molar-refractivity contribution in [3.05, 3.63) is 64.2 Å². The Balaban J connectivity index is 1.61. The number of carboxylic acids is 1. The number of H-pyrrole nitrogens is 1. The lowest BCUT2D eigenvalue weighted by Crippen LogP contribution is -2.01. The van der Waals surface area contributed by atoms with Crippen LogP contribution in [0.4, 0.5) is 11.5 Å². The molecule has 0 aliphatic heterocycles. The number of allylic oxidation sites excluding steroid dienone is 3. The zero-order valence-electron chi connectivity index (χ0n) is 15.7. The van der Waals surface area contributed by atoms with E-state index in [4.69, 9.17) is 16.7 Å². The molecule has 0 bridgehead atoms. The molecule has 2 aromatic rings. The van der Waals surface area contributed by atoms with Crippen molar-refractivity contribution in [3.8, 4) is 0 Å². The zero-order chi connectivity index (χ0) is 20.1. The van der Waals surface area contributed by atoms with Crippen molar-refractivity contribution in [2.75, 3.05) is 10.6 Å². The van der Waals surface area contributed by atoms with Gasteiger partial charge in [-0.05, 0) is 57.0 Å². The van der Waals surface area contributed by atoms with E-state index in [0.29, 0.717) is 16.8 Å². The maximum Gasteiger partial charge on any atom is 0.335 e. The fourth-order valence-corrected chi connectivity index (χ4v) is 2.60. The van der Waals surface area contributed by atoms with Crippen LogP contribution in [0.1, 0.15) is 48.7 Å². The molecule has 4 N–H and O–H groups in total. The van der Waals surface area contributed by atoms with E-state index in [1.165, 1.54) is 25.0 Å². The molecule has 0 atom stereocenters. The van der Waals surface area contributed by atoms with Crippen LogP contribution in [0.2, 0.25) is 0 Å². The van der Waals surface area contributed by atoms with Gasteiger partial charge in [0, 0.05) is 35.3 Å². The van der Waals surface area contributed by atoms with E-state index in [-0.39, 0.29) is 5.56 Å². The molecule has 1 aliphatic rings. The molecule has 0 spiro atoms. The van der Waals surface area contributed by atoms with Crippen LogP contribution in [-0.2, 0) is 0 Å². The summed E-state index contributed by atoms with van der Waals surface area (Å²) in [5.41, 5.74) is 2.84. The van der Waals surface area contributed by atoms with E-state index in [0.717, 1.165) is 22.9 Å². The predicted molar refractivity (Wildman–Crippen MR) is 112 cm³/mol. The van der Waals surface area contributed by atoms with Gasteiger partial charge in [0.15, 0.2) is 5.82 Å². The summed E-state index contributed by atoms with van der Waals surface area (Å²) >= 11 is 6.33. The number of rotatable bonds is 8. The van der Waals surface area contributed by atoms with Crippen molar-refractivity contribution in [2.45, 2.75) is 32.6 Å². The van der Waals surface area contributed by atoms with Crippen LogP contribution in [0.3, 0.4) is 0 Å². The Hall–Kier alpha value is -3.06. The molecule has 0 saturated heterocycles. The van der Waals surface area contributed by atoms with E-state index in [2.05, 4.69) is 25.8 Å². The molecular formula is C20H22ClN5O2. The summed E-state index contributed by atoms with van der Waals surface area (Å²) < 4.78 is 0. The lowest BCUT2D eigenvalue weighted by Gasteiger charge is -2.07. The predicted octanol–water partition coefficient (Wildman–Crippen LogP) is 4.91. The van der Waals surface area contributed by atoms with E-state index in [1.54, 1.807) is 24.4 Å². The molecule has 0 amide bonds. The van der Waals surface area contributed by atoms with Crippen molar-refractivity contribution in [3.63, 3.8) is 0 Å². The van der Waals surface area contributed by atoms with Gasteiger partial charge in [-0.2, -0.15) is 5.10 Å². The van der Waals surface area contributed by atoms with E-state index in [1.807, 2.05) is 19.9 Å². The van der Waals surface area contributed by atoms with E-state index >= 15 is 0 Å². The number of carbonyl (C=O) groups is 1. The second-order valence-corrected chi connectivity index (χ2v) is 6.93. The molecule has 0 radical (unpaired) electrons. The maximum absolute atomic E-state index is 10.9. The number of carboxylic acid groups (broad SMARTS) is 1. The normalized spacial score (nSPS) is 15.5. The minimum absolute atomic E-state index is 0.229. The van der Waals surface area contributed by atoms with E-state index < -0.39 is 5.97 Å². The monoisotopic (exact) mass is 399 g/mol. The first-order chi connectivity index (χ1) is 13.5. The molecule has 0 unspecified atom stereocenters. The molecule has 8 heteroatoms. The van der Waals surface area contributed by atoms with Gasteiger partial charge in [0.1, 0.15) is 5.82 Å². The number of anilines is 2. The first kappa shape index (κ1) is 19.7. The van der Waals surface area contributed by atoms with Crippen LogP contribution in [0.5, 0.6) is 0 Å². The topological polar surface area (TPSA) is 102 Å². The standard InChI is InChI=1S/C20H22ClN5O2/c1-3-18(24-15-8-6-14(7-9-15)20(27)28)22-11-16(21)12(2)23-19-10-17(25-26-19)13-4-5-13/h3,6-11,13,24H,4-5H2,1-2H3,(H,27,28)(H2,23,25,26)/b16-12-,18-3-,22-11-. The lowest BCUT2D eigenvalue weighted by molar-refractivity contribution is 0.0697. The number of benzene rings is 1. The quantitative estimate of drug-likeness (QED) is 0.472. The third kappa shape index (κ3) is 5.23. The van der Waals surface area contributed by atoms with Crippen molar-refractivity contribution < 1.29 is 9.90 Å². The molecule has 1 heterocycles. The number of aromatic carboxylic acids is 1. The average molecular weight is 400 g/mol.